The fourth-order valence-electron chi connectivity index (χ4n) is 4.94. The Morgan fingerprint density at radius 2 is 1.72 bits per heavy atom. The third-order valence-corrected chi connectivity index (χ3v) is 9.42. The first-order valence-corrected chi connectivity index (χ1v) is 13.6. The van der Waals surface area contributed by atoms with Crippen molar-refractivity contribution in [2.45, 2.75) is 24.2 Å². The minimum atomic E-state index is -3.59. The zero-order valence-electron chi connectivity index (χ0n) is 20.7. The lowest BCUT2D eigenvalue weighted by atomic mass is 9.78. The van der Waals surface area contributed by atoms with Gasteiger partial charge in [-0.15, -0.1) is 0 Å². The number of rotatable bonds is 7. The molecule has 10 heteroatoms. The average Bonchev–Trinajstić information content (AvgIpc) is 3.31. The molecule has 36 heavy (non-hydrogen) atoms. The van der Waals surface area contributed by atoms with E-state index in [9.17, 15) is 13.2 Å². The molecule has 2 saturated heterocycles. The average molecular weight is 535 g/mol. The van der Waals surface area contributed by atoms with Gasteiger partial charge in [-0.2, -0.15) is 4.31 Å². The van der Waals surface area contributed by atoms with Gasteiger partial charge in [-0.3, -0.25) is 4.79 Å². The molecular weight excluding hydrogens is 504 g/mol. The molecule has 0 unspecified atom stereocenters. The lowest BCUT2D eigenvalue weighted by molar-refractivity contribution is -0.125. The fourth-order valence-corrected chi connectivity index (χ4v) is 6.72. The molecule has 0 saturated carbocycles. The summed E-state index contributed by atoms with van der Waals surface area (Å²) in [5.74, 6) is 1.36. The number of hydrogen-bond acceptors (Lipinski definition) is 6. The van der Waals surface area contributed by atoms with Gasteiger partial charge in [0.15, 0.2) is 11.5 Å². The molecule has 2 fully saturated rings. The SMILES string of the molecule is COc1cccc(S(=O)(=O)N2CCC3(CCN(C(=O)/C=C/c4ccc(OC)c(OC)c4Cl)C3)CC2)c1. The van der Waals surface area contributed by atoms with E-state index in [0.717, 1.165) is 6.42 Å². The van der Waals surface area contributed by atoms with Crippen molar-refractivity contribution in [3.05, 3.63) is 53.1 Å². The maximum absolute atomic E-state index is 13.1. The molecule has 2 aliphatic heterocycles. The number of carbonyl (C=O) groups excluding carboxylic acids is 1. The maximum atomic E-state index is 13.1. The topological polar surface area (TPSA) is 85.4 Å². The second-order valence-corrected chi connectivity index (χ2v) is 11.4. The number of halogens is 1. The molecule has 1 amide bonds. The second kappa shape index (κ2) is 10.7. The number of piperidine rings is 1. The van der Waals surface area contributed by atoms with Gasteiger partial charge in [0.2, 0.25) is 15.9 Å². The van der Waals surface area contributed by atoms with Gasteiger partial charge in [-0.05, 0) is 60.6 Å². The lowest BCUT2D eigenvalue weighted by Crippen LogP contribution is -2.44. The van der Waals surface area contributed by atoms with E-state index in [1.54, 1.807) is 42.5 Å². The van der Waals surface area contributed by atoms with Gasteiger partial charge in [0.05, 0.1) is 31.2 Å². The van der Waals surface area contributed by atoms with E-state index in [0.29, 0.717) is 66.9 Å². The predicted molar refractivity (Wildman–Crippen MR) is 138 cm³/mol. The van der Waals surface area contributed by atoms with Crippen molar-refractivity contribution >= 4 is 33.6 Å². The summed E-state index contributed by atoms with van der Waals surface area (Å²) in [5.41, 5.74) is 0.595. The van der Waals surface area contributed by atoms with Crippen molar-refractivity contribution in [1.82, 2.24) is 9.21 Å². The molecule has 8 nitrogen and oxygen atoms in total. The zero-order valence-corrected chi connectivity index (χ0v) is 22.3. The number of amides is 1. The van der Waals surface area contributed by atoms with E-state index in [1.807, 2.05) is 4.90 Å². The molecule has 0 aromatic heterocycles. The van der Waals surface area contributed by atoms with Crippen LogP contribution in [0.5, 0.6) is 17.2 Å². The Morgan fingerprint density at radius 3 is 2.39 bits per heavy atom. The molecule has 2 aromatic carbocycles. The predicted octanol–water partition coefficient (Wildman–Crippen LogP) is 4.08. The van der Waals surface area contributed by atoms with Crippen molar-refractivity contribution in [3.63, 3.8) is 0 Å². The normalized spacial score (nSPS) is 18.1. The zero-order chi connectivity index (χ0) is 25.9. The van der Waals surface area contributed by atoms with Crippen LogP contribution in [0.4, 0.5) is 0 Å². The van der Waals surface area contributed by atoms with Crippen LogP contribution in [-0.4, -0.2) is 71.0 Å². The second-order valence-electron chi connectivity index (χ2n) is 9.13. The van der Waals surface area contributed by atoms with Gasteiger partial charge in [0, 0.05) is 38.3 Å². The highest BCUT2D eigenvalue weighted by Gasteiger charge is 2.43. The Bertz CT molecular complexity index is 1260. The molecule has 2 heterocycles. The molecule has 0 atom stereocenters. The third-order valence-electron chi connectivity index (χ3n) is 7.13. The van der Waals surface area contributed by atoms with Crippen LogP contribution in [0.3, 0.4) is 0 Å². The van der Waals surface area contributed by atoms with E-state index in [2.05, 4.69) is 0 Å². The number of nitrogens with zero attached hydrogens (tertiary/aromatic N) is 2. The van der Waals surface area contributed by atoms with Crippen molar-refractivity contribution in [1.29, 1.82) is 0 Å². The van der Waals surface area contributed by atoms with Gasteiger partial charge in [-0.1, -0.05) is 17.7 Å². The number of carbonyl (C=O) groups is 1. The van der Waals surface area contributed by atoms with Gasteiger partial charge < -0.3 is 19.1 Å². The molecule has 0 N–H and O–H groups in total. The maximum Gasteiger partial charge on any atom is 0.246 e. The van der Waals surface area contributed by atoms with Crippen LogP contribution >= 0.6 is 11.6 Å². The van der Waals surface area contributed by atoms with E-state index in [4.69, 9.17) is 25.8 Å². The van der Waals surface area contributed by atoms with Crippen molar-refractivity contribution in [3.8, 4) is 17.2 Å². The highest BCUT2D eigenvalue weighted by Crippen LogP contribution is 2.42. The van der Waals surface area contributed by atoms with Crippen LogP contribution < -0.4 is 14.2 Å². The first-order chi connectivity index (χ1) is 17.2. The Kier molecular flexibility index (Phi) is 7.82. The number of likely N-dealkylation sites (tertiary alicyclic amines) is 1. The monoisotopic (exact) mass is 534 g/mol. The molecule has 0 radical (unpaired) electrons. The van der Waals surface area contributed by atoms with Crippen LogP contribution in [0.25, 0.3) is 6.08 Å². The van der Waals surface area contributed by atoms with E-state index < -0.39 is 10.0 Å². The third kappa shape index (κ3) is 5.19. The molecular formula is C26H31ClN2O6S. The number of ether oxygens (including phenoxy) is 3. The number of hydrogen-bond donors (Lipinski definition) is 0. The Morgan fingerprint density at radius 1 is 1.00 bits per heavy atom. The van der Waals surface area contributed by atoms with Crippen LogP contribution in [0, 0.1) is 5.41 Å². The van der Waals surface area contributed by atoms with E-state index in [1.165, 1.54) is 31.7 Å². The Labute approximate surface area is 217 Å². The molecule has 1 spiro atoms. The smallest absolute Gasteiger partial charge is 0.246 e. The molecule has 2 aromatic rings. The minimum Gasteiger partial charge on any atom is -0.497 e. The lowest BCUT2D eigenvalue weighted by Gasteiger charge is -2.38. The molecule has 4 rings (SSSR count). The number of benzene rings is 2. The summed E-state index contributed by atoms with van der Waals surface area (Å²) in [5, 5.41) is 0.378. The van der Waals surface area contributed by atoms with Gasteiger partial charge in [-0.25, -0.2) is 8.42 Å². The van der Waals surface area contributed by atoms with E-state index in [-0.39, 0.29) is 16.2 Å². The molecule has 194 valence electrons. The Balaban J connectivity index is 1.38. The van der Waals surface area contributed by atoms with Crippen molar-refractivity contribution in [2.75, 3.05) is 47.5 Å². The number of methoxy groups -OCH3 is 3. The summed E-state index contributed by atoms with van der Waals surface area (Å²) in [6.45, 7) is 2.12. The van der Waals surface area contributed by atoms with Crippen molar-refractivity contribution in [2.24, 2.45) is 5.41 Å². The van der Waals surface area contributed by atoms with Crippen LogP contribution in [0.2, 0.25) is 5.02 Å². The Hall–Kier alpha value is -2.75. The van der Waals surface area contributed by atoms with Crippen LogP contribution in [0.15, 0.2) is 47.4 Å². The van der Waals surface area contributed by atoms with Gasteiger partial charge >= 0.3 is 0 Å². The van der Waals surface area contributed by atoms with Gasteiger partial charge in [0.1, 0.15) is 5.75 Å². The first kappa shape index (κ1) is 26.3. The fraction of sp³-hybridized carbons (Fsp3) is 0.423. The highest BCUT2D eigenvalue weighted by molar-refractivity contribution is 7.89. The van der Waals surface area contributed by atoms with Gasteiger partial charge in [0.25, 0.3) is 0 Å². The molecule has 0 aliphatic carbocycles. The summed E-state index contributed by atoms with van der Waals surface area (Å²) >= 11 is 6.42. The molecule has 0 bridgehead atoms. The number of sulfonamides is 1. The first-order valence-electron chi connectivity index (χ1n) is 11.7. The largest absolute Gasteiger partial charge is 0.497 e. The summed E-state index contributed by atoms with van der Waals surface area (Å²) in [6, 6.07) is 10.1. The highest BCUT2D eigenvalue weighted by atomic mass is 35.5. The summed E-state index contributed by atoms with van der Waals surface area (Å²) < 4.78 is 43.6. The summed E-state index contributed by atoms with van der Waals surface area (Å²) in [4.78, 5) is 15.0. The van der Waals surface area contributed by atoms with E-state index >= 15 is 0 Å². The van der Waals surface area contributed by atoms with Crippen LogP contribution in [-0.2, 0) is 14.8 Å². The quantitative estimate of drug-likeness (QED) is 0.498. The van der Waals surface area contributed by atoms with Crippen LogP contribution in [0.1, 0.15) is 24.8 Å². The molecule has 2 aliphatic rings. The standard InChI is InChI=1S/C26H31ClN2O6S/c1-33-20-5-4-6-21(17-20)36(31,32)29-15-12-26(13-16-29)11-14-28(18-26)23(30)10-8-19-7-9-22(34-2)25(35-3)24(19)27/h4-10,17H,11-16,18H2,1-3H3/b10-8+. The van der Waals surface area contributed by atoms with Crippen molar-refractivity contribution < 1.29 is 27.4 Å². The summed E-state index contributed by atoms with van der Waals surface area (Å²) in [7, 11) is 0.970. The minimum absolute atomic E-state index is 0.0646. The summed E-state index contributed by atoms with van der Waals surface area (Å²) in [6.07, 6.45) is 5.49.